The molecule has 1 rings (SSSR count). The summed E-state index contributed by atoms with van der Waals surface area (Å²) in [7, 11) is 0. The lowest BCUT2D eigenvalue weighted by molar-refractivity contribution is -0.139. The summed E-state index contributed by atoms with van der Waals surface area (Å²) in [4.78, 5) is 10.4. The van der Waals surface area contributed by atoms with Crippen molar-refractivity contribution in [3.8, 4) is 6.07 Å². The maximum absolute atomic E-state index is 12.7. The van der Waals surface area contributed by atoms with Gasteiger partial charge in [-0.3, -0.25) is 4.79 Å². The predicted octanol–water partition coefficient (Wildman–Crippen LogP) is 2.86. The van der Waals surface area contributed by atoms with E-state index in [1.807, 2.05) is 0 Å². The highest BCUT2D eigenvalue weighted by Gasteiger charge is 2.37. The van der Waals surface area contributed by atoms with Crippen molar-refractivity contribution in [1.29, 1.82) is 5.26 Å². The topological polar surface area (TPSA) is 61.1 Å². The molecule has 0 atom stereocenters. The van der Waals surface area contributed by atoms with Crippen molar-refractivity contribution >= 4 is 17.6 Å². The largest absolute Gasteiger partial charge is 0.481 e. The second kappa shape index (κ2) is 4.63. The number of carboxylic acid groups (broad SMARTS) is 1. The van der Waals surface area contributed by atoms with Gasteiger partial charge < -0.3 is 5.11 Å². The van der Waals surface area contributed by atoms with Crippen molar-refractivity contribution in [2.75, 3.05) is 0 Å². The van der Waals surface area contributed by atoms with Crippen LogP contribution >= 0.6 is 11.6 Å². The normalized spacial score (nSPS) is 11.0. The zero-order chi connectivity index (χ0) is 13.2. The molecule has 0 heterocycles. The van der Waals surface area contributed by atoms with Crippen LogP contribution in [0, 0.1) is 11.3 Å². The monoisotopic (exact) mass is 263 g/mol. The SMILES string of the molecule is N#Cc1ccc(CC(=O)O)c(C(F)(F)F)c1Cl. The molecule has 0 aromatic heterocycles. The third-order valence-electron chi connectivity index (χ3n) is 1.97. The van der Waals surface area contributed by atoms with Crippen LogP contribution in [0.1, 0.15) is 16.7 Å². The molecule has 0 radical (unpaired) electrons. The maximum Gasteiger partial charge on any atom is 0.418 e. The summed E-state index contributed by atoms with van der Waals surface area (Å²) in [5.74, 6) is -1.41. The Morgan fingerprint density at radius 1 is 1.47 bits per heavy atom. The molecule has 0 amide bonds. The van der Waals surface area contributed by atoms with E-state index in [2.05, 4.69) is 0 Å². The Bertz CT molecular complexity index is 505. The molecular formula is C10H5ClF3NO2. The number of nitriles is 1. The quantitative estimate of drug-likeness (QED) is 0.892. The number of hydrogen-bond donors (Lipinski definition) is 1. The Morgan fingerprint density at radius 2 is 2.06 bits per heavy atom. The summed E-state index contributed by atoms with van der Waals surface area (Å²) >= 11 is 5.45. The average Bonchev–Trinajstić information content (AvgIpc) is 2.14. The van der Waals surface area contributed by atoms with Crippen LogP contribution in [0.25, 0.3) is 0 Å². The third kappa shape index (κ3) is 2.88. The first-order valence-corrected chi connectivity index (χ1v) is 4.65. The van der Waals surface area contributed by atoms with Crippen LogP contribution in [0.2, 0.25) is 5.02 Å². The summed E-state index contributed by atoms with van der Waals surface area (Å²) in [5.41, 5.74) is -2.07. The first-order valence-electron chi connectivity index (χ1n) is 4.28. The highest BCUT2D eigenvalue weighted by molar-refractivity contribution is 6.32. The van der Waals surface area contributed by atoms with E-state index in [1.165, 1.54) is 6.07 Å². The maximum atomic E-state index is 12.7. The first kappa shape index (κ1) is 13.3. The molecule has 0 unspecified atom stereocenters. The molecule has 0 bridgehead atoms. The van der Waals surface area contributed by atoms with Gasteiger partial charge in [-0.05, 0) is 11.6 Å². The summed E-state index contributed by atoms with van der Waals surface area (Å²) in [6, 6.07) is 3.52. The number of nitrogens with zero attached hydrogens (tertiary/aromatic N) is 1. The van der Waals surface area contributed by atoms with Gasteiger partial charge >= 0.3 is 12.1 Å². The molecule has 0 spiro atoms. The Morgan fingerprint density at radius 3 is 2.47 bits per heavy atom. The Hall–Kier alpha value is -1.74. The van der Waals surface area contributed by atoms with E-state index in [9.17, 15) is 18.0 Å². The van der Waals surface area contributed by atoms with E-state index >= 15 is 0 Å². The number of carbonyl (C=O) groups is 1. The molecule has 90 valence electrons. The number of hydrogen-bond acceptors (Lipinski definition) is 2. The lowest BCUT2D eigenvalue weighted by atomic mass is 10.0. The molecular weight excluding hydrogens is 259 g/mol. The van der Waals surface area contributed by atoms with Crippen LogP contribution in [0.5, 0.6) is 0 Å². The highest BCUT2D eigenvalue weighted by Crippen LogP contribution is 2.38. The lowest BCUT2D eigenvalue weighted by Crippen LogP contribution is -2.13. The van der Waals surface area contributed by atoms with Gasteiger partial charge in [0.05, 0.1) is 22.6 Å². The van der Waals surface area contributed by atoms with Crippen molar-refractivity contribution in [1.82, 2.24) is 0 Å². The molecule has 1 aromatic rings. The second-order valence-corrected chi connectivity index (χ2v) is 3.52. The molecule has 0 saturated heterocycles. The van der Waals surface area contributed by atoms with E-state index in [0.717, 1.165) is 12.1 Å². The predicted molar refractivity (Wildman–Crippen MR) is 52.5 cm³/mol. The van der Waals surface area contributed by atoms with Gasteiger partial charge in [0, 0.05) is 0 Å². The van der Waals surface area contributed by atoms with Crippen molar-refractivity contribution in [2.45, 2.75) is 12.6 Å². The number of alkyl halides is 3. The van der Waals surface area contributed by atoms with Gasteiger partial charge in [0.25, 0.3) is 0 Å². The number of carboxylic acids is 1. The van der Waals surface area contributed by atoms with Crippen molar-refractivity contribution in [2.24, 2.45) is 0 Å². The summed E-state index contributed by atoms with van der Waals surface area (Å²) in [6.07, 6.45) is -5.60. The van der Waals surface area contributed by atoms with Gasteiger partial charge in [0.2, 0.25) is 0 Å². The Balaban J connectivity index is 3.48. The van der Waals surface area contributed by atoms with Gasteiger partial charge in [-0.2, -0.15) is 18.4 Å². The fraction of sp³-hybridized carbons (Fsp3) is 0.200. The van der Waals surface area contributed by atoms with E-state index in [-0.39, 0.29) is 5.56 Å². The van der Waals surface area contributed by atoms with E-state index < -0.39 is 34.7 Å². The fourth-order valence-electron chi connectivity index (χ4n) is 1.32. The number of aliphatic carboxylic acids is 1. The molecule has 0 fully saturated rings. The molecule has 0 saturated carbocycles. The van der Waals surface area contributed by atoms with Crippen LogP contribution in [0.3, 0.4) is 0 Å². The standard InChI is InChI=1S/C10H5ClF3NO2/c11-9-6(4-15)2-1-5(3-7(16)17)8(9)10(12,13)14/h1-2H,3H2,(H,16,17). The Labute approximate surface area is 99.0 Å². The van der Waals surface area contributed by atoms with Gasteiger partial charge in [0.1, 0.15) is 6.07 Å². The van der Waals surface area contributed by atoms with Crippen molar-refractivity contribution < 1.29 is 23.1 Å². The first-order chi connectivity index (χ1) is 7.77. The highest BCUT2D eigenvalue weighted by atomic mass is 35.5. The van der Waals surface area contributed by atoms with Gasteiger partial charge in [-0.15, -0.1) is 0 Å². The molecule has 0 aliphatic carbocycles. The van der Waals surface area contributed by atoms with Crippen molar-refractivity contribution in [3.63, 3.8) is 0 Å². The second-order valence-electron chi connectivity index (χ2n) is 3.14. The van der Waals surface area contributed by atoms with E-state index in [4.69, 9.17) is 22.0 Å². The van der Waals surface area contributed by atoms with Crippen LogP contribution < -0.4 is 0 Å². The number of halogens is 4. The molecule has 17 heavy (non-hydrogen) atoms. The van der Waals surface area contributed by atoms with Crippen LogP contribution in [0.4, 0.5) is 13.2 Å². The average molecular weight is 264 g/mol. The molecule has 3 nitrogen and oxygen atoms in total. The van der Waals surface area contributed by atoms with Gasteiger partial charge in [0.15, 0.2) is 0 Å². The minimum Gasteiger partial charge on any atom is -0.481 e. The summed E-state index contributed by atoms with van der Waals surface area (Å²) in [6.45, 7) is 0. The smallest absolute Gasteiger partial charge is 0.418 e. The van der Waals surface area contributed by atoms with E-state index in [0.29, 0.717) is 0 Å². The third-order valence-corrected chi connectivity index (χ3v) is 2.37. The molecule has 0 aliphatic heterocycles. The molecule has 1 aromatic carbocycles. The lowest BCUT2D eigenvalue weighted by Gasteiger charge is -2.14. The number of rotatable bonds is 2. The zero-order valence-electron chi connectivity index (χ0n) is 8.18. The minimum absolute atomic E-state index is 0.340. The van der Waals surface area contributed by atoms with Crippen molar-refractivity contribution in [3.05, 3.63) is 33.8 Å². The Kier molecular flexibility index (Phi) is 3.63. The van der Waals surface area contributed by atoms with Gasteiger partial charge in [-0.25, -0.2) is 0 Å². The summed E-state index contributed by atoms with van der Waals surface area (Å²) in [5, 5.41) is 16.3. The van der Waals surface area contributed by atoms with E-state index in [1.54, 1.807) is 0 Å². The molecule has 0 aliphatic rings. The molecule has 1 N–H and O–H groups in total. The van der Waals surface area contributed by atoms with Crippen LogP contribution in [-0.4, -0.2) is 11.1 Å². The number of benzene rings is 1. The van der Waals surface area contributed by atoms with Gasteiger partial charge in [-0.1, -0.05) is 17.7 Å². The van der Waals surface area contributed by atoms with Crippen LogP contribution in [-0.2, 0) is 17.4 Å². The minimum atomic E-state index is -4.80. The summed E-state index contributed by atoms with van der Waals surface area (Å²) < 4.78 is 38.1. The zero-order valence-corrected chi connectivity index (χ0v) is 8.93. The van der Waals surface area contributed by atoms with Crippen LogP contribution in [0.15, 0.2) is 12.1 Å². The fourth-order valence-corrected chi connectivity index (χ4v) is 1.65. The molecule has 7 heteroatoms.